The number of hydrogen-bond acceptors (Lipinski definition) is 6. The summed E-state index contributed by atoms with van der Waals surface area (Å²) in [5.74, 6) is 1.48. The Morgan fingerprint density at radius 3 is 2.64 bits per heavy atom. The van der Waals surface area contributed by atoms with Crippen molar-refractivity contribution in [3.8, 4) is 22.8 Å². The summed E-state index contributed by atoms with van der Waals surface area (Å²) < 4.78 is 11.7. The molecule has 1 unspecified atom stereocenters. The lowest BCUT2D eigenvalue weighted by atomic mass is 9.78. The molecule has 5 rings (SSSR count). The minimum atomic E-state index is -0.748. The van der Waals surface area contributed by atoms with Gasteiger partial charge in [0.15, 0.2) is 5.54 Å². The smallest absolute Gasteiger partial charge is 0.283 e. The Morgan fingerprint density at radius 2 is 1.84 bits per heavy atom. The van der Waals surface area contributed by atoms with Crippen LogP contribution < -0.4 is 10.5 Å². The number of aliphatic imine (C=N–C) groups is 1. The van der Waals surface area contributed by atoms with E-state index in [1.807, 2.05) is 54.6 Å². The van der Waals surface area contributed by atoms with E-state index in [9.17, 15) is 0 Å². The van der Waals surface area contributed by atoms with Crippen molar-refractivity contribution in [2.75, 3.05) is 6.61 Å². The molecule has 0 fully saturated rings. The molecule has 0 saturated heterocycles. The summed E-state index contributed by atoms with van der Waals surface area (Å²) in [6.45, 7) is 0.323. The molecular formula is C19H14N4O2. The van der Waals surface area contributed by atoms with Gasteiger partial charge in [0.1, 0.15) is 18.1 Å². The van der Waals surface area contributed by atoms with Crippen LogP contribution in [0, 0.1) is 0 Å². The van der Waals surface area contributed by atoms with Gasteiger partial charge in [-0.1, -0.05) is 30.3 Å². The van der Waals surface area contributed by atoms with Gasteiger partial charge >= 0.3 is 0 Å². The third kappa shape index (κ3) is 1.94. The molecule has 1 aromatic heterocycles. The third-order valence-electron chi connectivity index (χ3n) is 4.57. The molecular weight excluding hydrogens is 316 g/mol. The molecule has 3 heterocycles. The molecule has 1 atom stereocenters. The number of hydrogen-bond donors (Lipinski definition) is 1. The zero-order valence-corrected chi connectivity index (χ0v) is 13.2. The number of nitrogens with zero attached hydrogens (tertiary/aromatic N) is 3. The number of fused-ring (bicyclic) bond motifs is 4. The predicted molar refractivity (Wildman–Crippen MR) is 92.3 cm³/mol. The summed E-state index contributed by atoms with van der Waals surface area (Å²) in [5, 5.41) is 8.26. The Bertz CT molecular complexity index is 1000. The van der Waals surface area contributed by atoms with Crippen molar-refractivity contribution < 1.29 is 9.47 Å². The SMILES string of the molecule is NC1=NC2(CO1)c1ccccc1Oc1cccc(-c3cccnn3)c12. The third-order valence-corrected chi connectivity index (χ3v) is 4.57. The second kappa shape index (κ2) is 5.04. The maximum atomic E-state index is 6.15. The second-order valence-corrected chi connectivity index (χ2v) is 5.98. The van der Waals surface area contributed by atoms with Crippen molar-refractivity contribution in [2.24, 2.45) is 10.7 Å². The van der Waals surface area contributed by atoms with Crippen LogP contribution >= 0.6 is 0 Å². The average molecular weight is 330 g/mol. The van der Waals surface area contributed by atoms with Gasteiger partial charge in [-0.15, -0.1) is 0 Å². The first kappa shape index (κ1) is 14.0. The molecule has 2 N–H and O–H groups in total. The van der Waals surface area contributed by atoms with Gasteiger partial charge in [0.05, 0.1) is 5.69 Å². The Hall–Kier alpha value is -3.41. The van der Waals surface area contributed by atoms with E-state index in [-0.39, 0.29) is 6.02 Å². The molecule has 3 aromatic rings. The highest BCUT2D eigenvalue weighted by molar-refractivity contribution is 5.80. The monoisotopic (exact) mass is 330 g/mol. The van der Waals surface area contributed by atoms with Gasteiger partial charge < -0.3 is 15.2 Å². The van der Waals surface area contributed by atoms with Crippen LogP contribution in [0.4, 0.5) is 0 Å². The summed E-state index contributed by atoms with van der Waals surface area (Å²) >= 11 is 0. The molecule has 0 saturated carbocycles. The van der Waals surface area contributed by atoms with Crippen molar-refractivity contribution in [2.45, 2.75) is 5.54 Å². The van der Waals surface area contributed by atoms with Crippen LogP contribution in [-0.2, 0) is 10.3 Å². The van der Waals surface area contributed by atoms with Crippen molar-refractivity contribution in [3.63, 3.8) is 0 Å². The molecule has 0 radical (unpaired) electrons. The number of amidine groups is 1. The standard InChI is InChI=1S/C19H14N4O2/c20-18-22-19(11-24-18)13-6-1-2-8-15(13)25-16-9-3-5-12(17(16)19)14-7-4-10-21-23-14/h1-10H,11H2,(H2,20,22). The van der Waals surface area contributed by atoms with E-state index in [0.717, 1.165) is 33.9 Å². The zero-order valence-electron chi connectivity index (χ0n) is 13.2. The highest BCUT2D eigenvalue weighted by Gasteiger charge is 2.48. The first-order valence-electron chi connectivity index (χ1n) is 7.95. The van der Waals surface area contributed by atoms with Crippen LogP contribution in [0.2, 0.25) is 0 Å². The van der Waals surface area contributed by atoms with E-state index >= 15 is 0 Å². The lowest BCUT2D eigenvalue weighted by Gasteiger charge is -2.34. The fourth-order valence-corrected chi connectivity index (χ4v) is 3.55. The van der Waals surface area contributed by atoms with Gasteiger partial charge in [0, 0.05) is 22.9 Å². The topological polar surface area (TPSA) is 82.6 Å². The maximum Gasteiger partial charge on any atom is 0.283 e. The molecule has 2 aromatic carbocycles. The van der Waals surface area contributed by atoms with Crippen molar-refractivity contribution in [3.05, 3.63) is 71.9 Å². The Kier molecular flexibility index (Phi) is 2.82. The second-order valence-electron chi connectivity index (χ2n) is 5.98. The van der Waals surface area contributed by atoms with Crippen LogP contribution in [0.25, 0.3) is 11.3 Å². The van der Waals surface area contributed by atoms with Crippen molar-refractivity contribution in [1.29, 1.82) is 0 Å². The van der Waals surface area contributed by atoms with Gasteiger partial charge in [-0.2, -0.15) is 10.2 Å². The van der Waals surface area contributed by atoms with Gasteiger partial charge in [-0.3, -0.25) is 0 Å². The molecule has 25 heavy (non-hydrogen) atoms. The normalized spacial score (nSPS) is 20.2. The van der Waals surface area contributed by atoms with Crippen LogP contribution in [0.1, 0.15) is 11.1 Å². The molecule has 0 aliphatic carbocycles. The fraction of sp³-hybridized carbons (Fsp3) is 0.105. The number of benzene rings is 2. The largest absolute Gasteiger partial charge is 0.462 e. The van der Waals surface area contributed by atoms with Crippen molar-refractivity contribution in [1.82, 2.24) is 10.2 Å². The molecule has 6 nitrogen and oxygen atoms in total. The quantitative estimate of drug-likeness (QED) is 0.742. The lowest BCUT2D eigenvalue weighted by Crippen LogP contribution is -2.31. The minimum Gasteiger partial charge on any atom is -0.462 e. The number of para-hydroxylation sites is 1. The summed E-state index contributed by atoms with van der Waals surface area (Å²) in [7, 11) is 0. The molecule has 0 bridgehead atoms. The van der Waals surface area contributed by atoms with E-state index in [2.05, 4.69) is 10.2 Å². The number of ether oxygens (including phenoxy) is 2. The summed E-state index contributed by atoms with van der Waals surface area (Å²) in [6, 6.07) is 17.6. The number of rotatable bonds is 1. The Labute approximate surface area is 143 Å². The van der Waals surface area contributed by atoms with Gasteiger partial charge in [-0.05, 0) is 24.3 Å². The molecule has 6 heteroatoms. The van der Waals surface area contributed by atoms with Crippen LogP contribution in [0.3, 0.4) is 0 Å². The van der Waals surface area contributed by atoms with Gasteiger partial charge in [-0.25, -0.2) is 4.99 Å². The van der Waals surface area contributed by atoms with E-state index < -0.39 is 5.54 Å². The van der Waals surface area contributed by atoms with Crippen LogP contribution in [0.15, 0.2) is 65.8 Å². The number of nitrogens with two attached hydrogens (primary N) is 1. The maximum absolute atomic E-state index is 6.15. The predicted octanol–water partition coefficient (Wildman–Crippen LogP) is 2.84. The summed E-state index contributed by atoms with van der Waals surface area (Å²) in [5.41, 5.74) is 8.64. The first-order valence-corrected chi connectivity index (χ1v) is 7.95. The lowest BCUT2D eigenvalue weighted by molar-refractivity contribution is 0.265. The summed E-state index contributed by atoms with van der Waals surface area (Å²) in [6.07, 6.45) is 1.65. The molecule has 122 valence electrons. The zero-order chi connectivity index (χ0) is 16.9. The molecule has 1 spiro atoms. The van der Waals surface area contributed by atoms with Crippen molar-refractivity contribution >= 4 is 6.02 Å². The van der Waals surface area contributed by atoms with E-state index in [0.29, 0.717) is 6.61 Å². The molecule has 0 amide bonds. The Balaban J connectivity index is 1.85. The fourth-order valence-electron chi connectivity index (χ4n) is 3.55. The van der Waals surface area contributed by atoms with Gasteiger partial charge in [0.2, 0.25) is 0 Å². The van der Waals surface area contributed by atoms with Crippen LogP contribution in [-0.4, -0.2) is 22.8 Å². The van der Waals surface area contributed by atoms with Crippen LogP contribution in [0.5, 0.6) is 11.5 Å². The van der Waals surface area contributed by atoms with E-state index in [1.165, 1.54) is 0 Å². The molecule has 2 aliphatic rings. The first-order chi connectivity index (χ1) is 12.3. The van der Waals surface area contributed by atoms with E-state index in [1.54, 1.807) is 6.20 Å². The number of aromatic nitrogens is 2. The highest BCUT2D eigenvalue weighted by atomic mass is 16.5. The van der Waals surface area contributed by atoms with Gasteiger partial charge in [0.25, 0.3) is 6.02 Å². The minimum absolute atomic E-state index is 0.177. The summed E-state index contributed by atoms with van der Waals surface area (Å²) in [4.78, 5) is 4.69. The Morgan fingerprint density at radius 1 is 0.960 bits per heavy atom. The molecule has 2 aliphatic heterocycles. The average Bonchev–Trinajstić information content (AvgIpc) is 3.04. The van der Waals surface area contributed by atoms with E-state index in [4.69, 9.17) is 20.2 Å². The highest BCUT2D eigenvalue weighted by Crippen LogP contribution is 2.53.